The molecule has 25 heavy (non-hydrogen) atoms. The van der Waals surface area contributed by atoms with E-state index in [2.05, 4.69) is 26.0 Å². The molecule has 134 valence electrons. The molecular weight excluding hydrogens is 384 g/mol. The van der Waals surface area contributed by atoms with Crippen molar-refractivity contribution in [3.8, 4) is 0 Å². The van der Waals surface area contributed by atoms with Gasteiger partial charge in [-0.1, -0.05) is 6.07 Å². The summed E-state index contributed by atoms with van der Waals surface area (Å²) >= 11 is 3.49. The number of aromatic nitrogens is 3. The topological polar surface area (TPSA) is 60.2 Å². The number of nitrogens with zero attached hydrogens (tertiary/aromatic N) is 4. The van der Waals surface area contributed by atoms with E-state index in [0.29, 0.717) is 19.5 Å². The lowest BCUT2D eigenvalue weighted by molar-refractivity contribution is 0.00661. The highest BCUT2D eigenvalue weighted by atomic mass is 79.9. The number of pyridine rings is 1. The first-order valence-corrected chi connectivity index (χ1v) is 9.15. The first-order chi connectivity index (χ1) is 11.7. The lowest BCUT2D eigenvalue weighted by Crippen LogP contribution is -2.49. The summed E-state index contributed by atoms with van der Waals surface area (Å²) in [6.45, 7) is 8.77. The molecule has 0 aliphatic carbocycles. The van der Waals surface area contributed by atoms with Crippen molar-refractivity contribution in [1.29, 1.82) is 0 Å². The Labute approximate surface area is 156 Å². The van der Waals surface area contributed by atoms with E-state index in [4.69, 9.17) is 4.74 Å². The van der Waals surface area contributed by atoms with Gasteiger partial charge < -0.3 is 4.74 Å². The predicted octanol–water partition coefficient (Wildman–Crippen LogP) is 3.71. The third-order valence-corrected chi connectivity index (χ3v) is 4.96. The van der Waals surface area contributed by atoms with Crippen LogP contribution in [0.3, 0.4) is 0 Å². The molecular formula is C18H23BrN4O2. The maximum Gasteiger partial charge on any atom is 0.410 e. The second-order valence-electron chi connectivity index (χ2n) is 7.33. The van der Waals surface area contributed by atoms with Gasteiger partial charge >= 0.3 is 6.09 Å². The highest BCUT2D eigenvalue weighted by Gasteiger charge is 2.35. The molecule has 1 amide bonds. The van der Waals surface area contributed by atoms with Crippen LogP contribution in [0.4, 0.5) is 4.79 Å². The summed E-state index contributed by atoms with van der Waals surface area (Å²) in [5, 5.41) is 4.55. The monoisotopic (exact) mass is 406 g/mol. The number of hydrogen-bond donors (Lipinski definition) is 0. The summed E-state index contributed by atoms with van der Waals surface area (Å²) in [4.78, 5) is 19.0. The summed E-state index contributed by atoms with van der Waals surface area (Å²) < 4.78 is 8.44. The lowest BCUT2D eigenvalue weighted by Gasteiger charge is -2.37. The largest absolute Gasteiger partial charge is 0.444 e. The number of rotatable bonds is 2. The average molecular weight is 407 g/mol. The van der Waals surface area contributed by atoms with Gasteiger partial charge in [0.15, 0.2) is 0 Å². The molecule has 2 aromatic rings. The van der Waals surface area contributed by atoms with Gasteiger partial charge in [0, 0.05) is 23.9 Å². The molecule has 0 saturated heterocycles. The van der Waals surface area contributed by atoms with Crippen molar-refractivity contribution < 1.29 is 9.53 Å². The van der Waals surface area contributed by atoms with Gasteiger partial charge in [0.05, 0.1) is 24.8 Å². The number of ether oxygens (including phenoxy) is 1. The SMILES string of the molecule is Cc1c(Br)nn2c1CN(C(=O)OC(C)(C)C)[C@@H](Cc1ccccn1)C2. The smallest absolute Gasteiger partial charge is 0.410 e. The molecule has 7 heteroatoms. The molecule has 3 rings (SSSR count). The average Bonchev–Trinajstić information content (AvgIpc) is 2.80. The van der Waals surface area contributed by atoms with E-state index in [1.165, 1.54) is 0 Å². The Hall–Kier alpha value is -1.89. The Morgan fingerprint density at radius 2 is 2.16 bits per heavy atom. The zero-order valence-electron chi connectivity index (χ0n) is 15.0. The Balaban J connectivity index is 1.90. The molecule has 1 aliphatic heterocycles. The van der Waals surface area contributed by atoms with Crippen LogP contribution in [0.5, 0.6) is 0 Å². The third kappa shape index (κ3) is 4.03. The van der Waals surface area contributed by atoms with Gasteiger partial charge in [0.25, 0.3) is 0 Å². The summed E-state index contributed by atoms with van der Waals surface area (Å²) in [6.07, 6.45) is 2.14. The second kappa shape index (κ2) is 6.78. The van der Waals surface area contributed by atoms with Crippen LogP contribution in [0, 0.1) is 6.92 Å². The quantitative estimate of drug-likeness (QED) is 0.762. The maximum absolute atomic E-state index is 12.8. The Morgan fingerprint density at radius 3 is 2.80 bits per heavy atom. The van der Waals surface area contributed by atoms with Crippen LogP contribution >= 0.6 is 15.9 Å². The second-order valence-corrected chi connectivity index (χ2v) is 8.08. The maximum atomic E-state index is 12.8. The number of fused-ring (bicyclic) bond motifs is 1. The molecule has 0 radical (unpaired) electrons. The molecule has 0 bridgehead atoms. The van der Waals surface area contributed by atoms with Crippen LogP contribution in [0.15, 0.2) is 29.0 Å². The van der Waals surface area contributed by atoms with Crippen molar-refractivity contribution in [3.63, 3.8) is 0 Å². The predicted molar refractivity (Wildman–Crippen MR) is 98.2 cm³/mol. The molecule has 0 aromatic carbocycles. The van der Waals surface area contributed by atoms with Crippen molar-refractivity contribution in [2.45, 2.75) is 58.8 Å². The molecule has 1 atom stereocenters. The van der Waals surface area contributed by atoms with Crippen molar-refractivity contribution in [2.24, 2.45) is 0 Å². The van der Waals surface area contributed by atoms with Crippen LogP contribution in [0.25, 0.3) is 0 Å². The summed E-state index contributed by atoms with van der Waals surface area (Å²) in [6, 6.07) is 5.78. The third-order valence-electron chi connectivity index (χ3n) is 4.21. The first kappa shape index (κ1) is 17.9. The molecule has 0 fully saturated rings. The minimum atomic E-state index is -0.528. The number of hydrogen-bond acceptors (Lipinski definition) is 4. The van der Waals surface area contributed by atoms with E-state index in [0.717, 1.165) is 21.6 Å². The van der Waals surface area contributed by atoms with E-state index in [1.54, 1.807) is 11.1 Å². The summed E-state index contributed by atoms with van der Waals surface area (Å²) in [5.41, 5.74) is 2.52. The van der Waals surface area contributed by atoms with Crippen LogP contribution in [-0.2, 0) is 24.2 Å². The molecule has 0 unspecified atom stereocenters. The molecule has 6 nitrogen and oxygen atoms in total. The highest BCUT2D eigenvalue weighted by molar-refractivity contribution is 9.10. The van der Waals surface area contributed by atoms with E-state index in [-0.39, 0.29) is 12.1 Å². The summed E-state index contributed by atoms with van der Waals surface area (Å²) in [7, 11) is 0. The normalized spacial score (nSPS) is 17.3. The van der Waals surface area contributed by atoms with Gasteiger partial charge in [-0.3, -0.25) is 14.6 Å². The minimum Gasteiger partial charge on any atom is -0.444 e. The van der Waals surface area contributed by atoms with Gasteiger partial charge in [0.2, 0.25) is 0 Å². The van der Waals surface area contributed by atoms with Crippen molar-refractivity contribution in [3.05, 3.63) is 46.0 Å². The zero-order chi connectivity index (χ0) is 18.2. The number of halogens is 1. The highest BCUT2D eigenvalue weighted by Crippen LogP contribution is 2.28. The Bertz CT molecular complexity index is 767. The first-order valence-electron chi connectivity index (χ1n) is 8.36. The van der Waals surface area contributed by atoms with Crippen LogP contribution < -0.4 is 0 Å². The molecule has 0 spiro atoms. The standard InChI is InChI=1S/C18H23BrN4O2/c1-12-15-11-22(17(24)25-18(2,3)4)14(10-23(15)21-16(12)19)9-13-7-5-6-8-20-13/h5-8,14H,9-11H2,1-4H3/t14-/m0/s1. The lowest BCUT2D eigenvalue weighted by atomic mass is 10.1. The van der Waals surface area contributed by atoms with Crippen LogP contribution in [0.2, 0.25) is 0 Å². The molecule has 2 aromatic heterocycles. The Morgan fingerprint density at radius 1 is 1.40 bits per heavy atom. The van der Waals surface area contributed by atoms with Crippen LogP contribution in [-0.4, -0.2) is 37.4 Å². The van der Waals surface area contributed by atoms with E-state index < -0.39 is 5.60 Å². The van der Waals surface area contributed by atoms with Gasteiger partial charge in [-0.2, -0.15) is 5.10 Å². The zero-order valence-corrected chi connectivity index (χ0v) is 16.6. The summed E-state index contributed by atoms with van der Waals surface area (Å²) in [5.74, 6) is 0. The molecule has 1 aliphatic rings. The number of carbonyl (C=O) groups is 1. The fourth-order valence-corrected chi connectivity index (χ4v) is 3.38. The van der Waals surface area contributed by atoms with Crippen molar-refractivity contribution in [2.75, 3.05) is 0 Å². The van der Waals surface area contributed by atoms with E-state index >= 15 is 0 Å². The van der Waals surface area contributed by atoms with Crippen LogP contribution in [0.1, 0.15) is 37.7 Å². The van der Waals surface area contributed by atoms with Gasteiger partial charge in [0.1, 0.15) is 10.2 Å². The van der Waals surface area contributed by atoms with E-state index in [9.17, 15) is 4.79 Å². The minimum absolute atomic E-state index is 0.0524. The van der Waals surface area contributed by atoms with Gasteiger partial charge in [-0.25, -0.2) is 4.79 Å². The fraction of sp³-hybridized carbons (Fsp3) is 0.500. The number of amides is 1. The van der Waals surface area contributed by atoms with E-state index in [1.807, 2.05) is 50.6 Å². The fourth-order valence-electron chi connectivity index (χ4n) is 2.96. The molecule has 3 heterocycles. The Kier molecular flexibility index (Phi) is 4.86. The van der Waals surface area contributed by atoms with Gasteiger partial charge in [-0.15, -0.1) is 0 Å². The number of carbonyl (C=O) groups excluding carboxylic acids is 1. The van der Waals surface area contributed by atoms with Crippen molar-refractivity contribution in [1.82, 2.24) is 19.7 Å². The molecule has 0 saturated carbocycles. The van der Waals surface area contributed by atoms with Gasteiger partial charge in [-0.05, 0) is 55.8 Å². The van der Waals surface area contributed by atoms with Crippen molar-refractivity contribution >= 4 is 22.0 Å². The molecule has 0 N–H and O–H groups in total.